The van der Waals surface area contributed by atoms with E-state index in [1.54, 1.807) is 14.2 Å². The highest BCUT2D eigenvalue weighted by molar-refractivity contribution is 5.91. The molecule has 302 valence electrons. The van der Waals surface area contributed by atoms with Crippen LogP contribution in [0.25, 0.3) is 0 Å². The highest BCUT2D eigenvalue weighted by atomic mass is 16.6. The molecule has 9 heteroatoms. The summed E-state index contributed by atoms with van der Waals surface area (Å²) < 4.78 is 17.6. The average molecular weight is 743 g/mol. The van der Waals surface area contributed by atoms with Gasteiger partial charge in [-0.25, -0.2) is 0 Å². The van der Waals surface area contributed by atoms with Crippen molar-refractivity contribution in [2.45, 2.75) is 116 Å². The molecule has 7 unspecified atom stereocenters. The Bertz CT molecular complexity index is 1230. The maximum absolute atomic E-state index is 14.3. The van der Waals surface area contributed by atoms with Gasteiger partial charge in [0.05, 0.1) is 12.5 Å². The molecule has 3 aliphatic heterocycles. The standard InChI is InChI=1S/C41H64N2O6.C2H6O.CH4/c1-5-16-42(17-6-2)22-31(25-45)29-12-10-27(3)33-21-37(46)41(36(33)20-29)15-14-30(24-44)38-35(26-48-41)28(4)11-13-32-34(40(47)49-39(32)38)23-43-18-8-7-9-19-43;1-3-2;/h25,29-36,38-39,44H,3-24,26H2,1-2H3;1-2H3;1H4/t29-,30?,31?,32+,33?,34?,35+,36?,38?,39+,41?;;/m1../s1. The first kappa shape index (κ1) is 43.8. The molecule has 0 aromatic heterocycles. The molecule has 0 bridgehead atoms. The second kappa shape index (κ2) is 20.3. The molecule has 11 atom stereocenters. The van der Waals surface area contributed by atoms with Crippen molar-refractivity contribution in [2.24, 2.45) is 53.3 Å². The molecule has 3 heterocycles. The number of allylic oxidation sites excluding steroid dienone is 1. The molecule has 53 heavy (non-hydrogen) atoms. The predicted molar refractivity (Wildman–Crippen MR) is 210 cm³/mol. The summed E-state index contributed by atoms with van der Waals surface area (Å²) in [5.74, 6) is -0.154. The smallest absolute Gasteiger partial charge is 0.310 e. The second-order valence-corrected chi connectivity index (χ2v) is 17.1. The molecule has 1 N–H and O–H groups in total. The van der Waals surface area contributed by atoms with Crippen LogP contribution in [-0.4, -0.2) is 111 Å². The summed E-state index contributed by atoms with van der Waals surface area (Å²) in [6.45, 7) is 19.4. The number of hydrogen-bond donors (Lipinski definition) is 1. The van der Waals surface area contributed by atoms with Crippen LogP contribution >= 0.6 is 0 Å². The molecule has 0 radical (unpaired) electrons. The Morgan fingerprint density at radius 3 is 2.32 bits per heavy atom. The van der Waals surface area contributed by atoms with E-state index in [9.17, 15) is 19.5 Å². The average Bonchev–Trinajstić information content (AvgIpc) is 3.45. The Kier molecular flexibility index (Phi) is 16.8. The monoisotopic (exact) mass is 743 g/mol. The molecule has 6 aliphatic rings. The van der Waals surface area contributed by atoms with E-state index in [2.05, 4.69) is 41.5 Å². The van der Waals surface area contributed by atoms with E-state index < -0.39 is 5.60 Å². The largest absolute Gasteiger partial charge is 0.461 e. The van der Waals surface area contributed by atoms with Gasteiger partial charge in [-0.3, -0.25) is 9.59 Å². The molecule has 6 fully saturated rings. The van der Waals surface area contributed by atoms with Gasteiger partial charge in [-0.1, -0.05) is 52.0 Å². The van der Waals surface area contributed by atoms with E-state index in [0.717, 1.165) is 95.4 Å². The fraction of sp³-hybridized carbons (Fsp3) is 0.841. The van der Waals surface area contributed by atoms with Gasteiger partial charge in [0.25, 0.3) is 0 Å². The number of rotatable bonds is 11. The van der Waals surface area contributed by atoms with Crippen LogP contribution in [0.5, 0.6) is 0 Å². The van der Waals surface area contributed by atoms with E-state index in [-0.39, 0.29) is 85.2 Å². The van der Waals surface area contributed by atoms with Crippen molar-refractivity contribution in [3.8, 4) is 0 Å². The summed E-state index contributed by atoms with van der Waals surface area (Å²) in [7, 11) is 3.25. The van der Waals surface area contributed by atoms with Crippen molar-refractivity contribution in [3.63, 3.8) is 0 Å². The molecule has 3 saturated heterocycles. The number of methoxy groups -OCH3 is 1. The number of ketones is 1. The number of aliphatic hydroxyl groups is 1. The van der Waals surface area contributed by atoms with Crippen LogP contribution < -0.4 is 0 Å². The second-order valence-electron chi connectivity index (χ2n) is 17.1. The Morgan fingerprint density at radius 1 is 1.02 bits per heavy atom. The lowest BCUT2D eigenvalue weighted by atomic mass is 9.67. The topological polar surface area (TPSA) is 106 Å². The number of carbonyl (C=O) groups is 3. The van der Waals surface area contributed by atoms with Crippen LogP contribution in [0.3, 0.4) is 0 Å². The lowest BCUT2D eigenvalue weighted by molar-refractivity contribution is -0.163. The molecule has 3 aliphatic carbocycles. The molecule has 0 aromatic carbocycles. The number of carbonyl (C=O) groups excluding carboxylic acids is 3. The summed E-state index contributed by atoms with van der Waals surface area (Å²) in [5.41, 5.74) is 1.27. The zero-order chi connectivity index (χ0) is 37.4. The van der Waals surface area contributed by atoms with Crippen molar-refractivity contribution < 1.29 is 33.7 Å². The highest BCUT2D eigenvalue weighted by Gasteiger charge is 2.60. The van der Waals surface area contributed by atoms with E-state index in [1.807, 2.05) is 0 Å². The number of piperidine rings is 1. The van der Waals surface area contributed by atoms with Gasteiger partial charge >= 0.3 is 5.97 Å². The van der Waals surface area contributed by atoms with Crippen molar-refractivity contribution in [2.75, 3.05) is 66.7 Å². The zero-order valence-corrected chi connectivity index (χ0v) is 32.9. The molecule has 6 rings (SSSR count). The Hall–Kier alpha value is -1.91. The van der Waals surface area contributed by atoms with E-state index >= 15 is 0 Å². The number of nitrogens with zero attached hydrogens (tertiary/aromatic N) is 2. The van der Waals surface area contributed by atoms with Gasteiger partial charge < -0.3 is 33.9 Å². The molecule has 0 aromatic rings. The van der Waals surface area contributed by atoms with Crippen LogP contribution in [-0.2, 0) is 28.6 Å². The minimum absolute atomic E-state index is 0. The van der Waals surface area contributed by atoms with Crippen molar-refractivity contribution >= 4 is 18.0 Å². The van der Waals surface area contributed by atoms with Gasteiger partial charge in [0.2, 0.25) is 0 Å². The molecule has 9 nitrogen and oxygen atoms in total. The first-order valence-electron chi connectivity index (χ1n) is 20.8. The quantitative estimate of drug-likeness (QED) is 0.140. The number of fused-ring (bicyclic) bond motifs is 5. The third kappa shape index (κ3) is 9.56. The van der Waals surface area contributed by atoms with Gasteiger partial charge in [0.15, 0.2) is 5.78 Å². The van der Waals surface area contributed by atoms with Crippen LogP contribution in [0.4, 0.5) is 0 Å². The van der Waals surface area contributed by atoms with Crippen LogP contribution in [0, 0.1) is 53.3 Å². The molecular weight excluding hydrogens is 668 g/mol. The lowest BCUT2D eigenvalue weighted by Crippen LogP contribution is -2.51. The summed E-state index contributed by atoms with van der Waals surface area (Å²) in [6, 6.07) is 0. The van der Waals surface area contributed by atoms with Gasteiger partial charge in [-0.15, -0.1) is 0 Å². The summed E-state index contributed by atoms with van der Waals surface area (Å²) in [4.78, 5) is 45.4. The molecular formula is C44H74N2O7. The van der Waals surface area contributed by atoms with Crippen LogP contribution in [0.1, 0.15) is 105 Å². The van der Waals surface area contributed by atoms with E-state index in [0.29, 0.717) is 25.9 Å². The Balaban J connectivity index is 0.00000152. The summed E-state index contributed by atoms with van der Waals surface area (Å²) in [6.07, 6.45) is 12.5. The third-order valence-corrected chi connectivity index (χ3v) is 14.0. The Morgan fingerprint density at radius 2 is 1.68 bits per heavy atom. The fourth-order valence-electron chi connectivity index (χ4n) is 11.3. The van der Waals surface area contributed by atoms with Crippen LogP contribution in [0.2, 0.25) is 0 Å². The number of aliphatic hydroxyl groups excluding tert-OH is 1. The SMILES string of the molecule is C.C=C1CC[C@@H](C(C=O)CN(CCC)CCC)CC2C1CC(=O)C21CCC(CO)C2[C@H]3OC(=O)C(CN4CCCCC4)[C@@H]3CCC(=C)[C@@H]2CO1.COC. The number of Topliss-reactive ketones (excluding diaryl/α,β-unsaturated/α-hetero) is 1. The van der Waals surface area contributed by atoms with Gasteiger partial charge in [-0.05, 0) is 115 Å². The first-order chi connectivity index (χ1) is 25.2. The van der Waals surface area contributed by atoms with Gasteiger partial charge in [-0.2, -0.15) is 0 Å². The number of hydrogen-bond acceptors (Lipinski definition) is 9. The van der Waals surface area contributed by atoms with Crippen LogP contribution in [0.15, 0.2) is 24.3 Å². The minimum atomic E-state index is -0.955. The molecule has 0 amide bonds. The number of likely N-dealkylation sites (tertiary alicyclic amines) is 1. The van der Waals surface area contributed by atoms with Crippen molar-refractivity contribution in [3.05, 3.63) is 24.3 Å². The minimum Gasteiger partial charge on any atom is -0.461 e. The third-order valence-electron chi connectivity index (χ3n) is 14.0. The van der Waals surface area contributed by atoms with Gasteiger partial charge in [0, 0.05) is 69.9 Å². The predicted octanol–water partition coefficient (Wildman–Crippen LogP) is 6.77. The molecule has 3 saturated carbocycles. The van der Waals surface area contributed by atoms with E-state index in [1.165, 1.54) is 25.5 Å². The number of esters is 1. The van der Waals surface area contributed by atoms with Crippen molar-refractivity contribution in [1.82, 2.24) is 9.80 Å². The highest BCUT2D eigenvalue weighted by Crippen LogP contribution is 2.56. The van der Waals surface area contributed by atoms with E-state index in [4.69, 9.17) is 9.47 Å². The lowest BCUT2D eigenvalue weighted by Gasteiger charge is -2.45. The first-order valence-corrected chi connectivity index (χ1v) is 20.8. The molecule has 1 spiro atoms. The Labute approximate surface area is 321 Å². The summed E-state index contributed by atoms with van der Waals surface area (Å²) in [5, 5.41) is 11.0. The number of aldehydes is 1. The zero-order valence-electron chi connectivity index (χ0n) is 32.9. The maximum atomic E-state index is 14.3. The number of ether oxygens (including phenoxy) is 3. The summed E-state index contributed by atoms with van der Waals surface area (Å²) >= 11 is 0. The fourth-order valence-corrected chi connectivity index (χ4v) is 11.3. The maximum Gasteiger partial charge on any atom is 0.310 e. The van der Waals surface area contributed by atoms with Gasteiger partial charge in [0.1, 0.15) is 18.0 Å². The van der Waals surface area contributed by atoms with Crippen molar-refractivity contribution in [1.29, 1.82) is 0 Å². The normalized spacial score (nSPS) is 36.8.